The van der Waals surface area contributed by atoms with Gasteiger partial charge in [-0.25, -0.2) is 13.4 Å². The minimum absolute atomic E-state index is 0.0227. The van der Waals surface area contributed by atoms with Gasteiger partial charge in [-0.3, -0.25) is 9.52 Å². The maximum atomic E-state index is 12.5. The number of benzene rings is 2. The topological polar surface area (TPSA) is 108 Å². The number of hydrogen-bond donors (Lipinski definition) is 3. The molecule has 7 nitrogen and oxygen atoms in total. The molecule has 3 aromatic rings. The summed E-state index contributed by atoms with van der Waals surface area (Å²) in [5.74, 6) is -0.431. The van der Waals surface area contributed by atoms with Crippen molar-refractivity contribution in [3.8, 4) is 5.75 Å². The molecule has 1 heterocycles. The van der Waals surface area contributed by atoms with Crippen LogP contribution in [0.3, 0.4) is 0 Å². The second-order valence-corrected chi connectivity index (χ2v) is 8.47. The van der Waals surface area contributed by atoms with Gasteiger partial charge >= 0.3 is 0 Å². The Balaban J connectivity index is 1.66. The zero-order valence-electron chi connectivity index (χ0n) is 14.8. The summed E-state index contributed by atoms with van der Waals surface area (Å²) in [6.07, 6.45) is 1.47. The number of carbonyl (C=O) groups is 1. The van der Waals surface area contributed by atoms with Crippen LogP contribution in [0.5, 0.6) is 5.75 Å². The second-order valence-electron chi connectivity index (χ2n) is 5.97. The number of pyridine rings is 1. The standard InChI is InChI=1S/C19H15Cl2N3O4S/c20-15-8-7-14(11-16(15)21)29(27,28)24-13-5-3-12(4-6-13)10-18(26)23-19-17(25)2-1-9-22-19/h1-9,11,24-25H,10H2,(H,22,23,26). The lowest BCUT2D eigenvalue weighted by atomic mass is 10.1. The maximum absolute atomic E-state index is 12.5. The molecular formula is C19H15Cl2N3O4S. The van der Waals surface area contributed by atoms with Crippen molar-refractivity contribution in [2.75, 3.05) is 10.0 Å². The van der Waals surface area contributed by atoms with Gasteiger partial charge in [0.2, 0.25) is 5.91 Å². The molecule has 0 saturated heterocycles. The molecule has 3 N–H and O–H groups in total. The first-order chi connectivity index (χ1) is 13.7. The van der Waals surface area contributed by atoms with Gasteiger partial charge in [0.15, 0.2) is 11.6 Å². The summed E-state index contributed by atoms with van der Waals surface area (Å²) in [5.41, 5.74) is 0.970. The summed E-state index contributed by atoms with van der Waals surface area (Å²) < 4.78 is 27.3. The molecule has 2 aromatic carbocycles. The first-order valence-corrected chi connectivity index (χ1v) is 10.5. The third kappa shape index (κ3) is 5.38. The van der Waals surface area contributed by atoms with Crippen molar-refractivity contribution >= 4 is 50.6 Å². The molecule has 0 radical (unpaired) electrons. The van der Waals surface area contributed by atoms with E-state index in [1.165, 1.54) is 42.6 Å². The van der Waals surface area contributed by atoms with Gasteiger partial charge < -0.3 is 10.4 Å². The van der Waals surface area contributed by atoms with Crippen molar-refractivity contribution in [2.45, 2.75) is 11.3 Å². The Labute approximate surface area is 177 Å². The van der Waals surface area contributed by atoms with Crippen LogP contribution in [0.15, 0.2) is 65.7 Å². The van der Waals surface area contributed by atoms with Crippen LogP contribution in [0, 0.1) is 0 Å². The van der Waals surface area contributed by atoms with Crippen LogP contribution in [0.1, 0.15) is 5.56 Å². The zero-order chi connectivity index (χ0) is 21.0. The van der Waals surface area contributed by atoms with E-state index in [2.05, 4.69) is 15.0 Å². The van der Waals surface area contributed by atoms with Crippen LogP contribution in [-0.2, 0) is 21.2 Å². The number of amides is 1. The number of nitrogens with one attached hydrogen (secondary N) is 2. The third-order valence-electron chi connectivity index (χ3n) is 3.82. The summed E-state index contributed by atoms with van der Waals surface area (Å²) in [4.78, 5) is 16.0. The lowest BCUT2D eigenvalue weighted by Crippen LogP contribution is -2.15. The molecule has 29 heavy (non-hydrogen) atoms. The van der Waals surface area contributed by atoms with Gasteiger partial charge in [-0.2, -0.15) is 0 Å². The molecule has 0 saturated carbocycles. The third-order valence-corrected chi connectivity index (χ3v) is 5.93. The first kappa shape index (κ1) is 20.9. The molecule has 1 aromatic heterocycles. The predicted octanol–water partition coefficient (Wildman–Crippen LogP) is 4.08. The van der Waals surface area contributed by atoms with E-state index in [9.17, 15) is 18.3 Å². The minimum atomic E-state index is -3.84. The Kier molecular flexibility index (Phi) is 6.26. The number of rotatable bonds is 6. The number of anilines is 2. The van der Waals surface area contributed by atoms with E-state index >= 15 is 0 Å². The second kappa shape index (κ2) is 8.69. The molecule has 150 valence electrons. The number of halogens is 2. The van der Waals surface area contributed by atoms with Crippen molar-refractivity contribution in [3.05, 3.63) is 76.4 Å². The molecular weight excluding hydrogens is 437 g/mol. The maximum Gasteiger partial charge on any atom is 0.261 e. The first-order valence-electron chi connectivity index (χ1n) is 8.25. The molecule has 1 amide bonds. The van der Waals surface area contributed by atoms with Crippen LogP contribution in [-0.4, -0.2) is 24.4 Å². The highest BCUT2D eigenvalue weighted by Gasteiger charge is 2.16. The molecule has 0 aliphatic heterocycles. The monoisotopic (exact) mass is 451 g/mol. The highest BCUT2D eigenvalue weighted by molar-refractivity contribution is 7.92. The average molecular weight is 452 g/mol. The van der Waals surface area contributed by atoms with Gasteiger partial charge in [-0.1, -0.05) is 35.3 Å². The Morgan fingerprint density at radius 2 is 1.76 bits per heavy atom. The molecule has 3 rings (SSSR count). The van der Waals surface area contributed by atoms with Crippen LogP contribution in [0.25, 0.3) is 0 Å². The number of aromatic nitrogens is 1. The number of aromatic hydroxyl groups is 1. The molecule has 0 unspecified atom stereocenters. The van der Waals surface area contributed by atoms with Crippen molar-refractivity contribution in [1.82, 2.24) is 4.98 Å². The fraction of sp³-hybridized carbons (Fsp3) is 0.0526. The fourth-order valence-electron chi connectivity index (χ4n) is 2.40. The van der Waals surface area contributed by atoms with Gasteiger partial charge in [0, 0.05) is 11.9 Å². The van der Waals surface area contributed by atoms with Gasteiger partial charge in [0.05, 0.1) is 21.4 Å². The van der Waals surface area contributed by atoms with Crippen molar-refractivity contribution < 1.29 is 18.3 Å². The average Bonchev–Trinajstić information content (AvgIpc) is 2.67. The quantitative estimate of drug-likeness (QED) is 0.523. The van der Waals surface area contributed by atoms with Crippen LogP contribution in [0.4, 0.5) is 11.5 Å². The smallest absolute Gasteiger partial charge is 0.261 e. The molecule has 0 atom stereocenters. The van der Waals surface area contributed by atoms with E-state index in [1.807, 2.05) is 0 Å². The Bertz CT molecular complexity index is 1150. The van der Waals surface area contributed by atoms with E-state index < -0.39 is 10.0 Å². The largest absolute Gasteiger partial charge is 0.504 e. The summed E-state index contributed by atoms with van der Waals surface area (Å²) in [6.45, 7) is 0. The summed E-state index contributed by atoms with van der Waals surface area (Å²) in [5, 5.41) is 12.5. The Morgan fingerprint density at radius 1 is 1.03 bits per heavy atom. The van der Waals surface area contributed by atoms with Crippen molar-refractivity contribution in [1.29, 1.82) is 0 Å². The predicted molar refractivity (Wildman–Crippen MR) is 112 cm³/mol. The van der Waals surface area contributed by atoms with Gasteiger partial charge in [0.25, 0.3) is 10.0 Å². The van der Waals surface area contributed by atoms with Crippen molar-refractivity contribution in [2.24, 2.45) is 0 Å². The van der Waals surface area contributed by atoms with Crippen LogP contribution >= 0.6 is 23.2 Å². The fourth-order valence-corrected chi connectivity index (χ4v) is 3.85. The molecule has 0 bridgehead atoms. The van der Waals surface area contributed by atoms with Gasteiger partial charge in [-0.05, 0) is 48.0 Å². The van der Waals surface area contributed by atoms with Crippen LogP contribution in [0.2, 0.25) is 10.0 Å². The normalized spacial score (nSPS) is 11.1. The number of nitrogens with zero attached hydrogens (tertiary/aromatic N) is 1. The molecule has 0 aliphatic carbocycles. The van der Waals surface area contributed by atoms with Crippen LogP contribution < -0.4 is 10.0 Å². The van der Waals surface area contributed by atoms with E-state index in [0.29, 0.717) is 11.3 Å². The molecule has 0 fully saturated rings. The summed E-state index contributed by atoms with van der Waals surface area (Å²) >= 11 is 11.7. The number of sulfonamides is 1. The Hall–Kier alpha value is -2.81. The van der Waals surface area contributed by atoms with Crippen molar-refractivity contribution in [3.63, 3.8) is 0 Å². The highest BCUT2D eigenvalue weighted by Crippen LogP contribution is 2.26. The molecule has 0 aliphatic rings. The van der Waals surface area contributed by atoms with E-state index in [0.717, 1.165) is 0 Å². The summed E-state index contributed by atoms with van der Waals surface area (Å²) in [6, 6.07) is 13.3. The van der Waals surface area contributed by atoms with E-state index in [1.54, 1.807) is 18.2 Å². The van der Waals surface area contributed by atoms with E-state index in [4.69, 9.17) is 23.2 Å². The molecule has 0 spiro atoms. The number of hydrogen-bond acceptors (Lipinski definition) is 5. The van der Waals surface area contributed by atoms with Gasteiger partial charge in [0.1, 0.15) is 0 Å². The minimum Gasteiger partial charge on any atom is -0.504 e. The lowest BCUT2D eigenvalue weighted by Gasteiger charge is -2.10. The van der Waals surface area contributed by atoms with Gasteiger partial charge in [-0.15, -0.1) is 0 Å². The number of carbonyl (C=O) groups excluding carboxylic acids is 1. The zero-order valence-corrected chi connectivity index (χ0v) is 17.1. The summed E-state index contributed by atoms with van der Waals surface area (Å²) in [7, 11) is -3.84. The highest BCUT2D eigenvalue weighted by atomic mass is 35.5. The Morgan fingerprint density at radius 3 is 2.41 bits per heavy atom. The molecule has 10 heteroatoms. The van der Waals surface area contributed by atoms with E-state index in [-0.39, 0.29) is 38.8 Å². The lowest BCUT2D eigenvalue weighted by molar-refractivity contribution is -0.115. The SMILES string of the molecule is O=C(Cc1ccc(NS(=O)(=O)c2ccc(Cl)c(Cl)c2)cc1)Nc1ncccc1O.